The van der Waals surface area contributed by atoms with Crippen LogP contribution in [0.1, 0.15) is 15.9 Å². The summed E-state index contributed by atoms with van der Waals surface area (Å²) >= 11 is 2.31. The highest BCUT2D eigenvalue weighted by Gasteiger charge is 2.04. The van der Waals surface area contributed by atoms with Crippen LogP contribution in [0, 0.1) is 0 Å². The van der Waals surface area contributed by atoms with E-state index in [2.05, 4.69) is 27.4 Å². The average molecular weight is 291 g/mol. The molecule has 0 atom stereocenters. The molecule has 0 radical (unpaired) electrons. The normalized spacial score (nSPS) is 9.69. The topological polar surface area (TPSA) is 52.3 Å². The highest BCUT2D eigenvalue weighted by atomic mass is 127. The van der Waals surface area contributed by atoms with Crippen LogP contribution in [0.2, 0.25) is 0 Å². The predicted molar refractivity (Wildman–Crippen MR) is 58.6 cm³/mol. The molecule has 0 saturated carbocycles. The highest BCUT2D eigenvalue weighted by molar-refractivity contribution is 14.1. The van der Waals surface area contributed by atoms with Crippen molar-refractivity contribution in [2.45, 2.75) is 6.42 Å². The van der Waals surface area contributed by atoms with Crippen molar-refractivity contribution in [1.82, 2.24) is 0 Å². The van der Waals surface area contributed by atoms with Crippen molar-refractivity contribution in [3.05, 3.63) is 35.4 Å². The van der Waals surface area contributed by atoms with Crippen LogP contribution in [-0.4, -0.2) is 10.4 Å². The minimum Gasteiger partial charge on any atom is -0.370 e. The lowest BCUT2D eigenvalue weighted by molar-refractivity contribution is 0.0503. The molecule has 0 aliphatic heterocycles. The van der Waals surface area contributed by atoms with Gasteiger partial charge < -0.3 is 4.84 Å². The average Bonchev–Trinajstić information content (AvgIpc) is 2.18. The van der Waals surface area contributed by atoms with E-state index in [1.807, 2.05) is 12.1 Å². The van der Waals surface area contributed by atoms with E-state index < -0.39 is 5.97 Å². The maximum atomic E-state index is 10.9. The fourth-order valence-electron chi connectivity index (χ4n) is 0.985. The van der Waals surface area contributed by atoms with Gasteiger partial charge in [-0.2, -0.15) is 5.90 Å². The number of alkyl halides is 1. The summed E-state index contributed by atoms with van der Waals surface area (Å²) in [6.45, 7) is 0. The Kier molecular flexibility index (Phi) is 4.17. The Morgan fingerprint density at radius 3 is 2.46 bits per heavy atom. The lowest BCUT2D eigenvalue weighted by Crippen LogP contribution is -2.09. The molecule has 0 aliphatic rings. The van der Waals surface area contributed by atoms with Gasteiger partial charge in [-0.15, -0.1) is 0 Å². The molecule has 0 aromatic heterocycles. The Morgan fingerprint density at radius 1 is 1.38 bits per heavy atom. The first-order chi connectivity index (χ1) is 6.27. The van der Waals surface area contributed by atoms with Gasteiger partial charge in [0.1, 0.15) is 0 Å². The van der Waals surface area contributed by atoms with Crippen molar-refractivity contribution in [1.29, 1.82) is 0 Å². The van der Waals surface area contributed by atoms with Gasteiger partial charge in [-0.1, -0.05) is 34.7 Å². The number of halogens is 1. The molecule has 0 amide bonds. The third-order valence-electron chi connectivity index (χ3n) is 1.68. The lowest BCUT2D eigenvalue weighted by atomic mass is 10.1. The van der Waals surface area contributed by atoms with Gasteiger partial charge in [-0.25, -0.2) is 4.79 Å². The molecular weight excluding hydrogens is 281 g/mol. The van der Waals surface area contributed by atoms with E-state index in [1.54, 1.807) is 12.1 Å². The number of carbonyl (C=O) groups excluding carboxylic acids is 1. The molecule has 0 bridgehead atoms. The second-order valence-corrected chi connectivity index (χ2v) is 3.62. The maximum Gasteiger partial charge on any atom is 0.356 e. The van der Waals surface area contributed by atoms with Crippen molar-refractivity contribution >= 4 is 28.6 Å². The van der Waals surface area contributed by atoms with Crippen LogP contribution >= 0.6 is 22.6 Å². The quantitative estimate of drug-likeness (QED) is 0.524. The molecule has 0 saturated heterocycles. The first-order valence-corrected chi connectivity index (χ1v) is 5.36. The summed E-state index contributed by atoms with van der Waals surface area (Å²) in [6, 6.07) is 7.25. The molecule has 1 aromatic carbocycles. The van der Waals surface area contributed by atoms with Crippen LogP contribution in [0.4, 0.5) is 0 Å². The summed E-state index contributed by atoms with van der Waals surface area (Å²) < 4.78 is 1.07. The lowest BCUT2D eigenvalue weighted by Gasteiger charge is -2.00. The molecule has 2 N–H and O–H groups in total. The molecule has 3 nitrogen and oxygen atoms in total. The first-order valence-electron chi connectivity index (χ1n) is 3.84. The fraction of sp³-hybridized carbons (Fsp3) is 0.222. The molecule has 4 heteroatoms. The Morgan fingerprint density at radius 2 is 2.00 bits per heavy atom. The number of nitrogens with two attached hydrogens (primary N) is 1. The van der Waals surface area contributed by atoms with Crippen molar-refractivity contribution in [3.8, 4) is 0 Å². The van der Waals surface area contributed by atoms with Crippen LogP contribution in [-0.2, 0) is 11.3 Å². The van der Waals surface area contributed by atoms with Crippen molar-refractivity contribution in [2.75, 3.05) is 4.43 Å². The first kappa shape index (κ1) is 10.5. The summed E-state index contributed by atoms with van der Waals surface area (Å²) in [4.78, 5) is 15.0. The Balaban J connectivity index is 2.75. The van der Waals surface area contributed by atoms with Crippen molar-refractivity contribution < 1.29 is 9.63 Å². The van der Waals surface area contributed by atoms with E-state index in [-0.39, 0.29) is 0 Å². The zero-order valence-corrected chi connectivity index (χ0v) is 9.15. The number of rotatable bonds is 3. The zero-order chi connectivity index (χ0) is 9.68. The maximum absolute atomic E-state index is 10.9. The molecule has 13 heavy (non-hydrogen) atoms. The van der Waals surface area contributed by atoms with Gasteiger partial charge >= 0.3 is 5.97 Å². The van der Waals surface area contributed by atoms with Crippen LogP contribution in [0.15, 0.2) is 24.3 Å². The van der Waals surface area contributed by atoms with Crippen LogP contribution in [0.5, 0.6) is 0 Å². The molecule has 0 aliphatic carbocycles. The number of hydrogen-bond donors (Lipinski definition) is 1. The SMILES string of the molecule is NOC(=O)c1ccc(CCI)cc1. The standard InChI is InChI=1S/C9H10INO2/c10-6-5-7-1-3-8(4-2-7)9(12)13-11/h1-4H,5-6,11H2. The van der Waals surface area contributed by atoms with Crippen LogP contribution in [0.25, 0.3) is 0 Å². The number of benzene rings is 1. The molecular formula is C9H10INO2. The molecule has 0 unspecified atom stereocenters. The molecule has 0 fully saturated rings. The Hall–Kier alpha value is -0.620. The van der Waals surface area contributed by atoms with Crippen molar-refractivity contribution in [2.24, 2.45) is 5.90 Å². The summed E-state index contributed by atoms with van der Waals surface area (Å²) in [5.74, 6) is 4.25. The molecule has 0 heterocycles. The van der Waals surface area contributed by atoms with Gasteiger partial charge in [-0.3, -0.25) is 0 Å². The summed E-state index contributed by atoms with van der Waals surface area (Å²) in [5.41, 5.74) is 1.70. The number of hydrogen-bond acceptors (Lipinski definition) is 3. The Bertz CT molecular complexity index is 284. The smallest absolute Gasteiger partial charge is 0.356 e. The van der Waals surface area contributed by atoms with E-state index >= 15 is 0 Å². The number of carbonyl (C=O) groups is 1. The van der Waals surface area contributed by atoms with Gasteiger partial charge in [0.2, 0.25) is 0 Å². The second kappa shape index (κ2) is 5.18. The minimum absolute atomic E-state index is 0.486. The summed E-state index contributed by atoms with van der Waals surface area (Å²) in [6.07, 6.45) is 1.01. The summed E-state index contributed by atoms with van der Waals surface area (Å²) in [7, 11) is 0. The van der Waals surface area contributed by atoms with Gasteiger partial charge in [0.25, 0.3) is 0 Å². The van der Waals surface area contributed by atoms with Gasteiger partial charge in [0, 0.05) is 4.43 Å². The van der Waals surface area contributed by atoms with E-state index in [4.69, 9.17) is 5.90 Å². The summed E-state index contributed by atoms with van der Waals surface area (Å²) in [5, 5.41) is 0. The fourth-order valence-corrected chi connectivity index (χ4v) is 1.61. The van der Waals surface area contributed by atoms with Crippen molar-refractivity contribution in [3.63, 3.8) is 0 Å². The van der Waals surface area contributed by atoms with E-state index in [0.717, 1.165) is 10.8 Å². The van der Waals surface area contributed by atoms with E-state index in [0.29, 0.717) is 5.56 Å². The Labute approximate surface area is 90.4 Å². The molecule has 1 rings (SSSR count). The van der Waals surface area contributed by atoms with Gasteiger partial charge in [0.15, 0.2) is 0 Å². The molecule has 70 valence electrons. The van der Waals surface area contributed by atoms with Gasteiger partial charge in [0.05, 0.1) is 5.56 Å². The molecule has 0 spiro atoms. The zero-order valence-electron chi connectivity index (χ0n) is 7.00. The largest absolute Gasteiger partial charge is 0.370 e. The monoisotopic (exact) mass is 291 g/mol. The van der Waals surface area contributed by atoms with E-state index in [9.17, 15) is 4.79 Å². The second-order valence-electron chi connectivity index (χ2n) is 2.54. The van der Waals surface area contributed by atoms with Crippen LogP contribution in [0.3, 0.4) is 0 Å². The highest BCUT2D eigenvalue weighted by Crippen LogP contribution is 2.06. The van der Waals surface area contributed by atoms with Gasteiger partial charge in [-0.05, 0) is 24.1 Å². The van der Waals surface area contributed by atoms with E-state index in [1.165, 1.54) is 5.56 Å². The minimum atomic E-state index is -0.499. The third-order valence-corrected chi connectivity index (χ3v) is 2.22. The predicted octanol–water partition coefficient (Wildman–Crippen LogP) is 1.69. The number of aryl methyl sites for hydroxylation is 1. The molecule has 1 aromatic rings. The third kappa shape index (κ3) is 2.96. The van der Waals surface area contributed by atoms with Crippen LogP contribution < -0.4 is 5.90 Å².